The number of anilines is 1. The third-order valence-electron chi connectivity index (χ3n) is 3.50. The van der Waals surface area contributed by atoms with Crippen molar-refractivity contribution in [2.75, 3.05) is 18.0 Å². The fraction of sp³-hybridized carbons (Fsp3) is 0.462. The first-order valence-electron chi connectivity index (χ1n) is 6.14. The Kier molecular flexibility index (Phi) is 3.67. The van der Waals surface area contributed by atoms with Crippen LogP contribution >= 0.6 is 0 Å². The molecular weight excluding hydrogens is 246 g/mol. The lowest BCUT2D eigenvalue weighted by Crippen LogP contribution is -2.42. The van der Waals surface area contributed by atoms with E-state index in [-0.39, 0.29) is 17.7 Å². The average Bonchev–Trinajstić information content (AvgIpc) is 2.41. The lowest BCUT2D eigenvalue weighted by atomic mass is 9.96. The highest BCUT2D eigenvalue weighted by molar-refractivity contribution is 5.66. The van der Waals surface area contributed by atoms with Gasteiger partial charge in [0, 0.05) is 19.2 Å². The molecule has 1 N–H and O–H groups in total. The zero-order chi connectivity index (χ0) is 14.0. The summed E-state index contributed by atoms with van der Waals surface area (Å²) in [5, 5.41) is 29.7. The van der Waals surface area contributed by atoms with Crippen LogP contribution in [-0.4, -0.2) is 29.2 Å². The molecule has 2 rings (SSSR count). The number of nitrogens with zero attached hydrogens (tertiary/aromatic N) is 3. The molecule has 1 aliphatic rings. The van der Waals surface area contributed by atoms with Gasteiger partial charge in [-0.1, -0.05) is 6.92 Å². The van der Waals surface area contributed by atoms with Crippen molar-refractivity contribution in [3.63, 3.8) is 0 Å². The zero-order valence-electron chi connectivity index (χ0n) is 10.6. The van der Waals surface area contributed by atoms with Gasteiger partial charge in [-0.2, -0.15) is 5.26 Å². The lowest BCUT2D eigenvalue weighted by Gasteiger charge is -2.35. The summed E-state index contributed by atoms with van der Waals surface area (Å²) in [5.41, 5.74) is 0.866. The minimum Gasteiger partial charge on any atom is -0.393 e. The maximum atomic E-state index is 11.1. The second-order valence-corrected chi connectivity index (χ2v) is 4.85. The molecule has 6 nitrogen and oxygen atoms in total. The number of benzene rings is 1. The molecule has 1 fully saturated rings. The Hall–Kier alpha value is -2.13. The summed E-state index contributed by atoms with van der Waals surface area (Å²) in [4.78, 5) is 12.5. The van der Waals surface area contributed by atoms with Crippen molar-refractivity contribution < 1.29 is 10.0 Å². The lowest BCUT2D eigenvalue weighted by molar-refractivity contribution is -0.384. The fourth-order valence-electron chi connectivity index (χ4n) is 2.35. The third kappa shape index (κ3) is 2.66. The fourth-order valence-corrected chi connectivity index (χ4v) is 2.35. The van der Waals surface area contributed by atoms with Gasteiger partial charge in [-0.05, 0) is 24.5 Å². The third-order valence-corrected chi connectivity index (χ3v) is 3.50. The van der Waals surface area contributed by atoms with Gasteiger partial charge in [-0.25, -0.2) is 0 Å². The molecule has 0 spiro atoms. The summed E-state index contributed by atoms with van der Waals surface area (Å²) in [6.45, 7) is 3.02. The summed E-state index contributed by atoms with van der Waals surface area (Å²) in [5.74, 6) is 0.0547. The summed E-state index contributed by atoms with van der Waals surface area (Å²) >= 11 is 0. The molecule has 0 bridgehead atoms. The minimum absolute atomic E-state index is 0.00240. The number of hydrogen-bond acceptors (Lipinski definition) is 5. The van der Waals surface area contributed by atoms with Gasteiger partial charge in [0.05, 0.1) is 22.7 Å². The standard InChI is InChI=1S/C13H15N3O3/c1-9-8-15(5-4-13(9)17)12-6-10(7-14)2-3-11(12)16(18)19/h2-3,6,9,13,17H,4-5,8H2,1H3. The van der Waals surface area contributed by atoms with E-state index in [9.17, 15) is 15.2 Å². The maximum Gasteiger partial charge on any atom is 0.292 e. The Labute approximate surface area is 111 Å². The molecular formula is C13H15N3O3. The highest BCUT2D eigenvalue weighted by Gasteiger charge is 2.28. The summed E-state index contributed by atoms with van der Waals surface area (Å²) in [7, 11) is 0. The Bertz CT molecular complexity index is 538. The van der Waals surface area contributed by atoms with Crippen molar-refractivity contribution in [2.45, 2.75) is 19.4 Å². The second-order valence-electron chi connectivity index (χ2n) is 4.85. The second kappa shape index (κ2) is 5.24. The first-order valence-corrected chi connectivity index (χ1v) is 6.14. The molecule has 2 unspecified atom stereocenters. The molecule has 2 atom stereocenters. The van der Waals surface area contributed by atoms with E-state index in [1.165, 1.54) is 12.1 Å². The number of rotatable bonds is 2. The maximum absolute atomic E-state index is 11.1. The van der Waals surface area contributed by atoms with Crippen LogP contribution in [0.1, 0.15) is 18.9 Å². The Balaban J connectivity index is 2.37. The Morgan fingerprint density at radius 3 is 2.89 bits per heavy atom. The molecule has 0 saturated carbocycles. The van der Waals surface area contributed by atoms with Crippen molar-refractivity contribution >= 4 is 11.4 Å². The predicted octanol–water partition coefficient (Wildman–Crippen LogP) is 1.67. The number of nitro groups is 1. The van der Waals surface area contributed by atoms with Crippen LogP contribution in [0.2, 0.25) is 0 Å². The normalized spacial score (nSPS) is 22.9. The molecule has 0 aromatic heterocycles. The molecule has 0 radical (unpaired) electrons. The first kappa shape index (κ1) is 13.3. The zero-order valence-corrected chi connectivity index (χ0v) is 10.6. The number of aliphatic hydroxyl groups is 1. The SMILES string of the molecule is CC1CN(c2cc(C#N)ccc2[N+](=O)[O-])CCC1O. The van der Waals surface area contributed by atoms with E-state index in [4.69, 9.17) is 5.26 Å². The van der Waals surface area contributed by atoms with Gasteiger partial charge in [0.1, 0.15) is 5.69 Å². The molecule has 100 valence electrons. The van der Waals surface area contributed by atoms with Crippen molar-refractivity contribution in [1.82, 2.24) is 0 Å². The van der Waals surface area contributed by atoms with Crippen molar-refractivity contribution in [1.29, 1.82) is 5.26 Å². The van der Waals surface area contributed by atoms with E-state index >= 15 is 0 Å². The molecule has 1 heterocycles. The number of hydrogen-bond donors (Lipinski definition) is 1. The van der Waals surface area contributed by atoms with Gasteiger partial charge in [0.2, 0.25) is 0 Å². The van der Waals surface area contributed by atoms with E-state index in [0.717, 1.165) is 0 Å². The molecule has 1 aromatic rings. The molecule has 0 amide bonds. The number of piperidine rings is 1. The Morgan fingerprint density at radius 1 is 1.58 bits per heavy atom. The summed E-state index contributed by atoms with van der Waals surface area (Å²) in [6.07, 6.45) is 0.212. The molecule has 1 aliphatic heterocycles. The smallest absolute Gasteiger partial charge is 0.292 e. The van der Waals surface area contributed by atoms with Crippen molar-refractivity contribution in [3.05, 3.63) is 33.9 Å². The minimum atomic E-state index is -0.438. The van der Waals surface area contributed by atoms with Crippen molar-refractivity contribution in [2.24, 2.45) is 5.92 Å². The van der Waals surface area contributed by atoms with Crippen LogP contribution in [0.25, 0.3) is 0 Å². The molecule has 0 aliphatic carbocycles. The predicted molar refractivity (Wildman–Crippen MR) is 69.8 cm³/mol. The molecule has 1 saturated heterocycles. The topological polar surface area (TPSA) is 90.4 Å². The van der Waals surface area contributed by atoms with E-state index in [2.05, 4.69) is 0 Å². The van der Waals surface area contributed by atoms with Crippen LogP contribution in [0, 0.1) is 27.4 Å². The van der Waals surface area contributed by atoms with Crippen molar-refractivity contribution in [3.8, 4) is 6.07 Å². The van der Waals surface area contributed by atoms with Crippen LogP contribution in [0.15, 0.2) is 18.2 Å². The number of aliphatic hydroxyl groups excluding tert-OH is 1. The van der Waals surface area contributed by atoms with Gasteiger partial charge < -0.3 is 10.0 Å². The van der Waals surface area contributed by atoms with Crippen LogP contribution in [0.4, 0.5) is 11.4 Å². The van der Waals surface area contributed by atoms with Gasteiger partial charge >= 0.3 is 0 Å². The van der Waals surface area contributed by atoms with Gasteiger partial charge in [0.25, 0.3) is 5.69 Å². The molecule has 1 aromatic carbocycles. The summed E-state index contributed by atoms with van der Waals surface area (Å²) < 4.78 is 0. The largest absolute Gasteiger partial charge is 0.393 e. The van der Waals surface area contributed by atoms with Gasteiger partial charge in [-0.3, -0.25) is 10.1 Å². The van der Waals surface area contributed by atoms with Crippen LogP contribution < -0.4 is 4.90 Å². The quantitative estimate of drug-likeness (QED) is 0.646. The van der Waals surface area contributed by atoms with Crippen LogP contribution in [-0.2, 0) is 0 Å². The van der Waals surface area contributed by atoms with Gasteiger partial charge in [-0.15, -0.1) is 0 Å². The first-order chi connectivity index (χ1) is 9.02. The van der Waals surface area contributed by atoms with E-state index < -0.39 is 4.92 Å². The highest BCUT2D eigenvalue weighted by atomic mass is 16.6. The molecule has 19 heavy (non-hydrogen) atoms. The van der Waals surface area contributed by atoms with E-state index in [1.54, 1.807) is 6.07 Å². The summed E-state index contributed by atoms with van der Waals surface area (Å²) in [6, 6.07) is 6.35. The van der Waals surface area contributed by atoms with Crippen LogP contribution in [0.3, 0.4) is 0 Å². The Morgan fingerprint density at radius 2 is 2.32 bits per heavy atom. The van der Waals surface area contributed by atoms with E-state index in [1.807, 2.05) is 17.9 Å². The number of nitriles is 1. The molecule has 6 heteroatoms. The monoisotopic (exact) mass is 261 g/mol. The highest BCUT2D eigenvalue weighted by Crippen LogP contribution is 2.32. The van der Waals surface area contributed by atoms with Gasteiger partial charge in [0.15, 0.2) is 0 Å². The number of nitro benzene ring substituents is 1. The average molecular weight is 261 g/mol. The van der Waals surface area contributed by atoms with E-state index in [0.29, 0.717) is 30.8 Å². The van der Waals surface area contributed by atoms with Crippen LogP contribution in [0.5, 0.6) is 0 Å².